The van der Waals surface area contributed by atoms with Crippen molar-refractivity contribution in [3.05, 3.63) is 81.8 Å². The average molecular weight is 588 g/mol. The lowest BCUT2D eigenvalue weighted by Gasteiger charge is -2.11. The normalized spacial score (nSPS) is 10.6. The number of ether oxygens (including phenoxy) is 2. The highest BCUT2D eigenvalue weighted by atomic mass is 79.9. The van der Waals surface area contributed by atoms with Gasteiger partial charge in [-0.2, -0.15) is 5.10 Å². The number of hydrazone groups is 1. The summed E-state index contributed by atoms with van der Waals surface area (Å²) in [6.07, 6.45) is 2.18. The van der Waals surface area contributed by atoms with Gasteiger partial charge in [0.1, 0.15) is 11.5 Å². The molecule has 0 bridgehead atoms. The van der Waals surface area contributed by atoms with Crippen LogP contribution in [0.4, 0.5) is 11.4 Å². The van der Waals surface area contributed by atoms with Gasteiger partial charge in [0.15, 0.2) is 6.61 Å². The summed E-state index contributed by atoms with van der Waals surface area (Å²) in [5.41, 5.74) is 3.54. The second-order valence-electron chi connectivity index (χ2n) is 7.52. The zero-order chi connectivity index (χ0) is 26.6. The number of benzene rings is 3. The third-order valence-electron chi connectivity index (χ3n) is 4.64. The van der Waals surface area contributed by atoms with Crippen molar-refractivity contribution in [2.75, 3.05) is 23.8 Å². The summed E-state index contributed by atoms with van der Waals surface area (Å²) in [5.74, 6) is -1.25. The molecule has 0 heterocycles. The first-order valence-electron chi connectivity index (χ1n) is 11.2. The van der Waals surface area contributed by atoms with E-state index >= 15 is 0 Å². The Morgan fingerprint density at radius 1 is 0.973 bits per heavy atom. The molecule has 3 rings (SSSR count). The zero-order valence-corrected chi connectivity index (χ0v) is 22.1. The molecule has 0 saturated heterocycles. The minimum Gasteiger partial charge on any atom is -0.494 e. The molecule has 0 fully saturated rings. The lowest BCUT2D eigenvalue weighted by Crippen LogP contribution is -2.32. The van der Waals surface area contributed by atoms with Crippen LogP contribution in [0.1, 0.15) is 18.9 Å². The van der Waals surface area contributed by atoms with E-state index in [4.69, 9.17) is 21.1 Å². The minimum atomic E-state index is -0.959. The van der Waals surface area contributed by atoms with Crippen LogP contribution in [-0.2, 0) is 14.4 Å². The molecular formula is C26H24BrClN4O5. The smallest absolute Gasteiger partial charge is 0.329 e. The maximum atomic E-state index is 12.3. The molecule has 0 unspecified atom stereocenters. The van der Waals surface area contributed by atoms with Crippen LogP contribution < -0.4 is 25.5 Å². The molecule has 37 heavy (non-hydrogen) atoms. The molecule has 0 aliphatic carbocycles. The highest BCUT2D eigenvalue weighted by Gasteiger charge is 2.13. The Hall–Kier alpha value is -3.89. The van der Waals surface area contributed by atoms with Gasteiger partial charge in [-0.05, 0) is 61.0 Å². The highest BCUT2D eigenvalue weighted by Crippen LogP contribution is 2.23. The number of hydrogen-bond acceptors (Lipinski definition) is 6. The summed E-state index contributed by atoms with van der Waals surface area (Å²) in [6.45, 7) is 2.31. The number of amides is 3. The molecule has 3 amide bonds. The van der Waals surface area contributed by atoms with Crippen LogP contribution >= 0.6 is 27.5 Å². The van der Waals surface area contributed by atoms with Gasteiger partial charge in [0, 0.05) is 15.7 Å². The van der Waals surface area contributed by atoms with Gasteiger partial charge in [0.25, 0.3) is 5.91 Å². The summed E-state index contributed by atoms with van der Waals surface area (Å²) in [5, 5.41) is 9.39. The second-order valence-corrected chi connectivity index (χ2v) is 8.85. The van der Waals surface area contributed by atoms with Gasteiger partial charge >= 0.3 is 11.8 Å². The van der Waals surface area contributed by atoms with Crippen molar-refractivity contribution in [2.24, 2.45) is 5.10 Å². The molecule has 3 aromatic rings. The largest absolute Gasteiger partial charge is 0.494 e. The average Bonchev–Trinajstić information content (AvgIpc) is 2.89. The molecule has 0 spiro atoms. The van der Waals surface area contributed by atoms with Gasteiger partial charge in [-0.1, -0.05) is 46.6 Å². The van der Waals surface area contributed by atoms with Crippen molar-refractivity contribution in [1.82, 2.24) is 5.43 Å². The van der Waals surface area contributed by atoms with Crippen LogP contribution in [0.5, 0.6) is 11.5 Å². The number of carbonyl (C=O) groups is 3. The van der Waals surface area contributed by atoms with E-state index < -0.39 is 17.7 Å². The molecule has 0 radical (unpaired) electrons. The number of nitrogens with zero attached hydrogens (tertiary/aromatic N) is 1. The molecule has 0 aliphatic heterocycles. The molecule has 0 atom stereocenters. The number of carbonyl (C=O) groups excluding carboxylic acids is 3. The summed E-state index contributed by atoms with van der Waals surface area (Å²) in [4.78, 5) is 36.6. The molecule has 9 nitrogen and oxygen atoms in total. The van der Waals surface area contributed by atoms with Crippen molar-refractivity contribution in [3.63, 3.8) is 0 Å². The fourth-order valence-electron chi connectivity index (χ4n) is 2.90. The molecule has 0 aromatic heterocycles. The monoisotopic (exact) mass is 586 g/mol. The Labute approximate surface area is 227 Å². The van der Waals surface area contributed by atoms with Gasteiger partial charge in [-0.3, -0.25) is 14.4 Å². The van der Waals surface area contributed by atoms with Crippen LogP contribution in [0.3, 0.4) is 0 Å². The number of para-hydroxylation sites is 1. The first-order chi connectivity index (χ1) is 17.9. The van der Waals surface area contributed by atoms with E-state index in [1.807, 2.05) is 6.92 Å². The minimum absolute atomic E-state index is 0.287. The fraction of sp³-hybridized carbons (Fsp3) is 0.154. The summed E-state index contributed by atoms with van der Waals surface area (Å²) < 4.78 is 11.8. The fourth-order valence-corrected chi connectivity index (χ4v) is 3.46. The molecule has 0 saturated carbocycles. The number of rotatable bonds is 10. The summed E-state index contributed by atoms with van der Waals surface area (Å²) in [6, 6.07) is 18.5. The number of halogens is 2. The van der Waals surface area contributed by atoms with Crippen molar-refractivity contribution in [2.45, 2.75) is 13.3 Å². The van der Waals surface area contributed by atoms with Gasteiger partial charge in [0.05, 0.1) is 23.5 Å². The van der Waals surface area contributed by atoms with Gasteiger partial charge in [-0.25, -0.2) is 5.43 Å². The Morgan fingerprint density at radius 3 is 2.46 bits per heavy atom. The third kappa shape index (κ3) is 8.93. The van der Waals surface area contributed by atoms with Gasteiger partial charge in [-0.15, -0.1) is 0 Å². The van der Waals surface area contributed by atoms with E-state index in [1.165, 1.54) is 6.21 Å². The van der Waals surface area contributed by atoms with E-state index in [0.29, 0.717) is 40.1 Å². The highest BCUT2D eigenvalue weighted by molar-refractivity contribution is 9.10. The van der Waals surface area contributed by atoms with E-state index in [1.54, 1.807) is 66.7 Å². The lowest BCUT2D eigenvalue weighted by molar-refractivity contribution is -0.136. The number of anilines is 2. The van der Waals surface area contributed by atoms with Crippen LogP contribution in [0, 0.1) is 0 Å². The van der Waals surface area contributed by atoms with E-state index in [9.17, 15) is 14.4 Å². The molecule has 3 aromatic carbocycles. The maximum absolute atomic E-state index is 12.3. The third-order valence-corrected chi connectivity index (χ3v) is 5.46. The van der Waals surface area contributed by atoms with Crippen LogP contribution in [0.2, 0.25) is 5.02 Å². The predicted molar refractivity (Wildman–Crippen MR) is 146 cm³/mol. The van der Waals surface area contributed by atoms with E-state index in [-0.39, 0.29) is 6.61 Å². The van der Waals surface area contributed by atoms with Crippen molar-refractivity contribution in [1.29, 1.82) is 0 Å². The van der Waals surface area contributed by atoms with Crippen LogP contribution in [0.15, 0.2) is 76.3 Å². The Kier molecular flexibility index (Phi) is 10.5. The standard InChI is InChI=1S/C26H24BrClN4O5/c1-2-13-36-20-10-8-19(9-11-20)30-25(34)26(35)32-29-15-17-14-18(27)7-12-23(17)37-16-24(33)31-22-6-4-3-5-21(22)28/h3-12,14-15H,2,13,16H2,1H3,(H,30,34)(H,31,33)(H,32,35)/b29-15-. The topological polar surface area (TPSA) is 118 Å². The quantitative estimate of drug-likeness (QED) is 0.175. The van der Waals surface area contributed by atoms with Crippen LogP contribution in [-0.4, -0.2) is 37.1 Å². The zero-order valence-electron chi connectivity index (χ0n) is 19.8. The summed E-state index contributed by atoms with van der Waals surface area (Å²) >= 11 is 9.41. The van der Waals surface area contributed by atoms with Crippen molar-refractivity contribution in [3.8, 4) is 11.5 Å². The molecular weight excluding hydrogens is 564 g/mol. The second kappa shape index (κ2) is 14.0. The lowest BCUT2D eigenvalue weighted by atomic mass is 10.2. The van der Waals surface area contributed by atoms with Crippen molar-refractivity contribution >= 4 is 62.8 Å². The van der Waals surface area contributed by atoms with E-state index in [2.05, 4.69) is 37.1 Å². The first-order valence-corrected chi connectivity index (χ1v) is 12.4. The Bertz CT molecular complexity index is 1280. The van der Waals surface area contributed by atoms with Gasteiger partial charge in [0.2, 0.25) is 0 Å². The molecule has 192 valence electrons. The predicted octanol–water partition coefficient (Wildman–Crippen LogP) is 5.00. The number of hydrogen-bond donors (Lipinski definition) is 3. The summed E-state index contributed by atoms with van der Waals surface area (Å²) in [7, 11) is 0. The molecule has 0 aliphatic rings. The number of nitrogens with one attached hydrogen (secondary N) is 3. The SMILES string of the molecule is CCCOc1ccc(NC(=O)C(=O)N/N=C\c2cc(Br)ccc2OCC(=O)Nc2ccccc2Cl)cc1. The first kappa shape index (κ1) is 27.7. The molecule has 3 N–H and O–H groups in total. The van der Waals surface area contributed by atoms with Crippen LogP contribution in [0.25, 0.3) is 0 Å². The molecule has 11 heteroatoms. The Morgan fingerprint density at radius 2 is 1.73 bits per heavy atom. The van der Waals surface area contributed by atoms with Crippen molar-refractivity contribution < 1.29 is 23.9 Å². The Balaban J connectivity index is 1.54. The maximum Gasteiger partial charge on any atom is 0.329 e. The van der Waals surface area contributed by atoms with E-state index in [0.717, 1.165) is 10.9 Å². The van der Waals surface area contributed by atoms with Gasteiger partial charge < -0.3 is 20.1 Å².